The van der Waals surface area contributed by atoms with E-state index in [9.17, 15) is 13.2 Å². The van der Waals surface area contributed by atoms with Gasteiger partial charge in [0.1, 0.15) is 0 Å². The van der Waals surface area contributed by atoms with Gasteiger partial charge < -0.3 is 5.11 Å². The molecule has 0 aromatic carbocycles. The molecular weight excluding hydrogens is 266 g/mol. The summed E-state index contributed by atoms with van der Waals surface area (Å²) in [6, 6.07) is 0. The van der Waals surface area contributed by atoms with Gasteiger partial charge in [0.25, 0.3) is 0 Å². The van der Waals surface area contributed by atoms with Crippen LogP contribution in [-0.2, 0) is 14.8 Å². The summed E-state index contributed by atoms with van der Waals surface area (Å²) in [5, 5.41) is 8.81. The molecule has 1 atom stereocenters. The fourth-order valence-corrected chi connectivity index (χ4v) is 3.92. The SMILES string of the molecule is CC(CN(C)S(=O)(=O)CCC1CCCCC1)C(=O)O. The predicted octanol–water partition coefficient (Wildman–Crippen LogP) is 1.94. The standard InChI is InChI=1S/C13H25NO4S/c1-11(13(15)16)10-14(2)19(17,18)9-8-12-6-4-3-5-7-12/h11-12H,3-10H2,1-2H3,(H,15,16). The number of carbonyl (C=O) groups is 1. The van der Waals surface area contributed by atoms with Crippen molar-refractivity contribution in [1.82, 2.24) is 4.31 Å². The highest BCUT2D eigenvalue weighted by Gasteiger charge is 2.24. The summed E-state index contributed by atoms with van der Waals surface area (Å²) in [6.07, 6.45) is 6.64. The topological polar surface area (TPSA) is 74.7 Å². The van der Waals surface area contributed by atoms with E-state index in [1.165, 1.54) is 37.5 Å². The van der Waals surface area contributed by atoms with Crippen molar-refractivity contribution in [3.63, 3.8) is 0 Å². The van der Waals surface area contributed by atoms with Crippen LogP contribution in [0.25, 0.3) is 0 Å². The lowest BCUT2D eigenvalue weighted by atomic mass is 9.88. The van der Waals surface area contributed by atoms with Crippen LogP contribution < -0.4 is 0 Å². The molecule has 0 saturated heterocycles. The zero-order valence-electron chi connectivity index (χ0n) is 11.8. The van der Waals surface area contributed by atoms with E-state index in [0.29, 0.717) is 12.3 Å². The van der Waals surface area contributed by atoms with Crippen LogP contribution in [0.3, 0.4) is 0 Å². The fraction of sp³-hybridized carbons (Fsp3) is 0.923. The van der Waals surface area contributed by atoms with Gasteiger partial charge >= 0.3 is 5.97 Å². The van der Waals surface area contributed by atoms with Gasteiger partial charge in [0.05, 0.1) is 11.7 Å². The van der Waals surface area contributed by atoms with Crippen LogP contribution in [0.4, 0.5) is 0 Å². The Labute approximate surface area is 116 Å². The zero-order chi connectivity index (χ0) is 14.5. The van der Waals surface area contributed by atoms with E-state index < -0.39 is 21.9 Å². The summed E-state index contributed by atoms with van der Waals surface area (Å²) in [4.78, 5) is 10.7. The van der Waals surface area contributed by atoms with Gasteiger partial charge in [-0.2, -0.15) is 0 Å². The molecule has 0 spiro atoms. The van der Waals surface area contributed by atoms with E-state index in [-0.39, 0.29) is 12.3 Å². The molecule has 1 unspecified atom stereocenters. The van der Waals surface area contributed by atoms with E-state index in [2.05, 4.69) is 0 Å². The zero-order valence-corrected chi connectivity index (χ0v) is 12.7. The third kappa shape index (κ3) is 5.48. The van der Waals surface area contributed by atoms with Gasteiger partial charge in [-0.1, -0.05) is 39.0 Å². The molecule has 0 aromatic rings. The molecule has 0 bridgehead atoms. The number of carboxylic acid groups (broad SMARTS) is 1. The summed E-state index contributed by atoms with van der Waals surface area (Å²) in [5.41, 5.74) is 0. The van der Waals surface area contributed by atoms with Crippen LogP contribution in [0.2, 0.25) is 0 Å². The predicted molar refractivity (Wildman–Crippen MR) is 74.4 cm³/mol. The highest BCUT2D eigenvalue weighted by atomic mass is 32.2. The van der Waals surface area contributed by atoms with Crippen molar-refractivity contribution in [1.29, 1.82) is 0 Å². The molecule has 1 fully saturated rings. The Hall–Kier alpha value is -0.620. The number of carboxylic acids is 1. The summed E-state index contributed by atoms with van der Waals surface area (Å²) < 4.78 is 25.3. The molecule has 1 N–H and O–H groups in total. The lowest BCUT2D eigenvalue weighted by molar-refractivity contribution is -0.141. The summed E-state index contributed by atoms with van der Waals surface area (Å²) in [7, 11) is -1.85. The first-order valence-electron chi connectivity index (χ1n) is 6.99. The lowest BCUT2D eigenvalue weighted by Crippen LogP contribution is -2.35. The highest BCUT2D eigenvalue weighted by Crippen LogP contribution is 2.26. The first-order chi connectivity index (χ1) is 8.83. The van der Waals surface area contributed by atoms with Gasteiger partial charge in [0.15, 0.2) is 0 Å². The largest absolute Gasteiger partial charge is 0.481 e. The van der Waals surface area contributed by atoms with Crippen molar-refractivity contribution in [3.8, 4) is 0 Å². The minimum absolute atomic E-state index is 0.0440. The van der Waals surface area contributed by atoms with Crippen LogP contribution in [0.1, 0.15) is 45.4 Å². The molecule has 1 saturated carbocycles. The minimum atomic E-state index is -3.32. The summed E-state index contributed by atoms with van der Waals surface area (Å²) >= 11 is 0. The van der Waals surface area contributed by atoms with Crippen LogP contribution in [-0.4, -0.2) is 43.1 Å². The number of rotatable bonds is 7. The van der Waals surface area contributed by atoms with Crippen LogP contribution in [0, 0.1) is 11.8 Å². The third-order valence-electron chi connectivity index (χ3n) is 3.94. The van der Waals surface area contributed by atoms with E-state index >= 15 is 0 Å². The minimum Gasteiger partial charge on any atom is -0.481 e. The quantitative estimate of drug-likeness (QED) is 0.778. The third-order valence-corrected chi connectivity index (χ3v) is 5.79. The average Bonchev–Trinajstić information content (AvgIpc) is 2.37. The van der Waals surface area contributed by atoms with Gasteiger partial charge in [-0.15, -0.1) is 0 Å². The van der Waals surface area contributed by atoms with Gasteiger partial charge in [-0.05, 0) is 12.3 Å². The molecule has 0 radical (unpaired) electrons. The summed E-state index contributed by atoms with van der Waals surface area (Å²) in [5.74, 6) is -0.974. The molecule has 1 aliphatic carbocycles. The Kier molecular flexibility index (Phi) is 6.26. The van der Waals surface area contributed by atoms with Gasteiger partial charge in [-0.25, -0.2) is 12.7 Å². The van der Waals surface area contributed by atoms with Crippen molar-refractivity contribution < 1.29 is 18.3 Å². The molecule has 1 aliphatic rings. The molecular formula is C13H25NO4S. The maximum atomic E-state index is 12.1. The van der Waals surface area contributed by atoms with Crippen LogP contribution >= 0.6 is 0 Å². The van der Waals surface area contributed by atoms with Crippen LogP contribution in [0.15, 0.2) is 0 Å². The molecule has 5 nitrogen and oxygen atoms in total. The van der Waals surface area contributed by atoms with Crippen molar-refractivity contribution in [2.75, 3.05) is 19.3 Å². The Morgan fingerprint density at radius 3 is 2.42 bits per heavy atom. The van der Waals surface area contributed by atoms with Crippen LogP contribution in [0.5, 0.6) is 0 Å². The molecule has 0 aliphatic heterocycles. The van der Waals surface area contributed by atoms with E-state index in [0.717, 1.165) is 12.8 Å². The first kappa shape index (κ1) is 16.4. The highest BCUT2D eigenvalue weighted by molar-refractivity contribution is 7.89. The number of aliphatic carboxylic acids is 1. The number of sulfonamides is 1. The molecule has 112 valence electrons. The number of hydrogen-bond acceptors (Lipinski definition) is 3. The van der Waals surface area contributed by atoms with Gasteiger partial charge in [0.2, 0.25) is 10.0 Å². The molecule has 0 heterocycles. The van der Waals surface area contributed by atoms with E-state index in [4.69, 9.17) is 5.11 Å². The number of nitrogens with zero attached hydrogens (tertiary/aromatic N) is 1. The average molecular weight is 291 g/mol. The Morgan fingerprint density at radius 2 is 1.89 bits per heavy atom. The Morgan fingerprint density at radius 1 is 1.32 bits per heavy atom. The van der Waals surface area contributed by atoms with E-state index in [1.54, 1.807) is 0 Å². The smallest absolute Gasteiger partial charge is 0.307 e. The van der Waals surface area contributed by atoms with Gasteiger partial charge in [-0.3, -0.25) is 4.79 Å². The Bertz CT molecular complexity index is 387. The van der Waals surface area contributed by atoms with Crippen molar-refractivity contribution in [3.05, 3.63) is 0 Å². The molecule has 0 aromatic heterocycles. The number of hydrogen-bond donors (Lipinski definition) is 1. The molecule has 6 heteroatoms. The second-order valence-electron chi connectivity index (χ2n) is 5.63. The fourth-order valence-electron chi connectivity index (χ4n) is 2.52. The normalized spacial score (nSPS) is 19.5. The van der Waals surface area contributed by atoms with Crippen molar-refractivity contribution in [2.24, 2.45) is 11.8 Å². The lowest BCUT2D eigenvalue weighted by Gasteiger charge is -2.23. The maximum Gasteiger partial charge on any atom is 0.307 e. The first-order valence-corrected chi connectivity index (χ1v) is 8.60. The molecule has 19 heavy (non-hydrogen) atoms. The van der Waals surface area contributed by atoms with Gasteiger partial charge in [0, 0.05) is 13.6 Å². The molecule has 0 amide bonds. The Balaban J connectivity index is 2.43. The second-order valence-corrected chi connectivity index (χ2v) is 7.82. The van der Waals surface area contributed by atoms with Crippen molar-refractivity contribution in [2.45, 2.75) is 45.4 Å². The molecule has 1 rings (SSSR count). The van der Waals surface area contributed by atoms with E-state index in [1.807, 2.05) is 0 Å². The maximum absolute atomic E-state index is 12.1. The van der Waals surface area contributed by atoms with Crippen molar-refractivity contribution >= 4 is 16.0 Å². The second kappa shape index (κ2) is 7.24. The monoisotopic (exact) mass is 291 g/mol. The summed E-state index contributed by atoms with van der Waals surface area (Å²) in [6.45, 7) is 1.57.